The molecule has 0 heterocycles. The van der Waals surface area contributed by atoms with Crippen LogP contribution in [-0.2, 0) is 6.42 Å². The second-order valence-corrected chi connectivity index (χ2v) is 7.83. The van der Waals surface area contributed by atoms with E-state index < -0.39 is 0 Å². The third-order valence-electron chi connectivity index (χ3n) is 4.80. The molecule has 1 nitrogen and oxygen atoms in total. The smallest absolute Gasteiger partial charge is 0.00966 e. The molecular weight excluding hydrogens is 254 g/mol. The second-order valence-electron chi connectivity index (χ2n) is 7.83. The van der Waals surface area contributed by atoms with Crippen molar-refractivity contribution in [1.82, 2.24) is 5.32 Å². The van der Waals surface area contributed by atoms with Gasteiger partial charge in [0.1, 0.15) is 0 Å². The maximum atomic E-state index is 3.76. The van der Waals surface area contributed by atoms with Crippen LogP contribution in [0.2, 0.25) is 0 Å². The zero-order chi connectivity index (χ0) is 15.1. The summed E-state index contributed by atoms with van der Waals surface area (Å²) in [5.74, 6) is 1.69. The van der Waals surface area contributed by atoms with E-state index in [2.05, 4.69) is 56.4 Å². The van der Waals surface area contributed by atoms with Gasteiger partial charge in [-0.2, -0.15) is 0 Å². The van der Waals surface area contributed by atoms with E-state index in [1.54, 1.807) is 0 Å². The predicted octanol–water partition coefficient (Wildman–Crippen LogP) is 5.20. The molecule has 0 aliphatic heterocycles. The van der Waals surface area contributed by atoms with Crippen LogP contribution >= 0.6 is 0 Å². The minimum Gasteiger partial charge on any atom is -0.312 e. The lowest BCUT2D eigenvalue weighted by Gasteiger charge is -2.30. The summed E-state index contributed by atoms with van der Waals surface area (Å²) >= 11 is 0. The minimum absolute atomic E-state index is 0.222. The lowest BCUT2D eigenvalue weighted by atomic mass is 9.81. The highest BCUT2D eigenvalue weighted by Crippen LogP contribution is 2.31. The lowest BCUT2D eigenvalue weighted by Crippen LogP contribution is -2.41. The second kappa shape index (κ2) is 7.98. The number of hydrogen-bond acceptors (Lipinski definition) is 1. The quantitative estimate of drug-likeness (QED) is 0.734. The van der Waals surface area contributed by atoms with Gasteiger partial charge >= 0.3 is 0 Å². The van der Waals surface area contributed by atoms with Crippen LogP contribution < -0.4 is 5.32 Å². The average molecular weight is 287 g/mol. The zero-order valence-electron chi connectivity index (χ0n) is 14.2. The fourth-order valence-corrected chi connectivity index (χ4v) is 3.54. The SMILES string of the molecule is CC(C)(C)NCC(Cc1ccccc1)C1CCCCCC1. The highest BCUT2D eigenvalue weighted by molar-refractivity contribution is 5.15. The molecule has 0 radical (unpaired) electrons. The van der Waals surface area contributed by atoms with Gasteiger partial charge < -0.3 is 5.32 Å². The average Bonchev–Trinajstić information content (AvgIpc) is 2.72. The Labute approximate surface area is 131 Å². The van der Waals surface area contributed by atoms with Crippen LogP contribution in [0.15, 0.2) is 30.3 Å². The van der Waals surface area contributed by atoms with Gasteiger partial charge in [-0.3, -0.25) is 0 Å². The van der Waals surface area contributed by atoms with Crippen LogP contribution in [-0.4, -0.2) is 12.1 Å². The van der Waals surface area contributed by atoms with Crippen molar-refractivity contribution in [3.8, 4) is 0 Å². The van der Waals surface area contributed by atoms with Crippen molar-refractivity contribution in [2.45, 2.75) is 71.3 Å². The Morgan fingerprint density at radius 1 is 1.00 bits per heavy atom. The van der Waals surface area contributed by atoms with Crippen LogP contribution in [0.4, 0.5) is 0 Å². The third-order valence-corrected chi connectivity index (χ3v) is 4.80. The van der Waals surface area contributed by atoms with Crippen molar-refractivity contribution in [1.29, 1.82) is 0 Å². The Balaban J connectivity index is 2.01. The van der Waals surface area contributed by atoms with Crippen molar-refractivity contribution in [3.63, 3.8) is 0 Å². The van der Waals surface area contributed by atoms with Crippen molar-refractivity contribution in [2.75, 3.05) is 6.54 Å². The monoisotopic (exact) mass is 287 g/mol. The molecule has 1 N–H and O–H groups in total. The maximum Gasteiger partial charge on any atom is 0.00966 e. The van der Waals surface area contributed by atoms with Crippen LogP contribution in [0, 0.1) is 11.8 Å². The van der Waals surface area contributed by atoms with Gasteiger partial charge in [0, 0.05) is 5.54 Å². The van der Waals surface area contributed by atoms with E-state index in [4.69, 9.17) is 0 Å². The van der Waals surface area contributed by atoms with Crippen LogP contribution in [0.5, 0.6) is 0 Å². The molecule has 0 spiro atoms. The molecule has 0 bridgehead atoms. The van der Waals surface area contributed by atoms with E-state index in [1.807, 2.05) is 0 Å². The summed E-state index contributed by atoms with van der Waals surface area (Å²) in [4.78, 5) is 0. The summed E-state index contributed by atoms with van der Waals surface area (Å²) in [7, 11) is 0. The van der Waals surface area contributed by atoms with Gasteiger partial charge in [-0.1, -0.05) is 68.9 Å². The van der Waals surface area contributed by atoms with Gasteiger partial charge in [0.05, 0.1) is 0 Å². The van der Waals surface area contributed by atoms with Gasteiger partial charge in [-0.15, -0.1) is 0 Å². The summed E-state index contributed by atoms with van der Waals surface area (Å²) in [5, 5.41) is 3.76. The summed E-state index contributed by atoms with van der Waals surface area (Å²) in [6.07, 6.45) is 9.86. The predicted molar refractivity (Wildman–Crippen MR) is 92.6 cm³/mol. The van der Waals surface area contributed by atoms with E-state index in [9.17, 15) is 0 Å². The molecule has 1 heteroatoms. The van der Waals surface area contributed by atoms with Crippen LogP contribution in [0.3, 0.4) is 0 Å². The normalized spacial score (nSPS) is 19.2. The van der Waals surface area contributed by atoms with Crippen molar-refractivity contribution in [3.05, 3.63) is 35.9 Å². The molecule has 1 atom stereocenters. The minimum atomic E-state index is 0.222. The highest BCUT2D eigenvalue weighted by Gasteiger charge is 2.24. The first-order valence-electron chi connectivity index (χ1n) is 8.83. The highest BCUT2D eigenvalue weighted by atomic mass is 14.9. The Morgan fingerprint density at radius 3 is 2.19 bits per heavy atom. The Bertz CT molecular complexity index is 382. The van der Waals surface area contributed by atoms with Gasteiger partial charge in [-0.25, -0.2) is 0 Å². The number of rotatable bonds is 5. The number of hydrogen-bond donors (Lipinski definition) is 1. The molecule has 2 rings (SSSR count). The molecule has 1 unspecified atom stereocenters. The molecule has 21 heavy (non-hydrogen) atoms. The Morgan fingerprint density at radius 2 is 1.62 bits per heavy atom. The molecule has 118 valence electrons. The molecule has 1 aliphatic carbocycles. The van der Waals surface area contributed by atoms with E-state index >= 15 is 0 Å². The van der Waals surface area contributed by atoms with E-state index in [1.165, 1.54) is 50.5 Å². The fourth-order valence-electron chi connectivity index (χ4n) is 3.54. The molecule has 1 aromatic rings. The number of benzene rings is 1. The molecular formula is C20H33N. The van der Waals surface area contributed by atoms with Gasteiger partial charge in [0.15, 0.2) is 0 Å². The first kappa shape index (κ1) is 16.5. The van der Waals surface area contributed by atoms with E-state index in [-0.39, 0.29) is 5.54 Å². The van der Waals surface area contributed by atoms with Crippen LogP contribution in [0.25, 0.3) is 0 Å². The van der Waals surface area contributed by atoms with Crippen molar-refractivity contribution < 1.29 is 0 Å². The standard InChI is InChI=1S/C20H33N/c1-20(2,3)21-16-19(15-17-11-7-6-8-12-17)18-13-9-4-5-10-14-18/h6-8,11-12,18-19,21H,4-5,9-10,13-16H2,1-3H3. The van der Waals surface area contributed by atoms with Gasteiger partial charge in [0.25, 0.3) is 0 Å². The van der Waals surface area contributed by atoms with Gasteiger partial charge in [0.2, 0.25) is 0 Å². The zero-order valence-corrected chi connectivity index (χ0v) is 14.2. The summed E-state index contributed by atoms with van der Waals surface area (Å²) < 4.78 is 0. The van der Waals surface area contributed by atoms with Crippen LogP contribution in [0.1, 0.15) is 64.9 Å². The lowest BCUT2D eigenvalue weighted by molar-refractivity contribution is 0.260. The molecule has 1 fully saturated rings. The molecule has 0 amide bonds. The van der Waals surface area contributed by atoms with Crippen molar-refractivity contribution >= 4 is 0 Å². The molecule has 0 aromatic heterocycles. The molecule has 1 saturated carbocycles. The van der Waals surface area contributed by atoms with Crippen molar-refractivity contribution in [2.24, 2.45) is 11.8 Å². The topological polar surface area (TPSA) is 12.0 Å². The first-order valence-corrected chi connectivity index (χ1v) is 8.83. The maximum absolute atomic E-state index is 3.76. The summed E-state index contributed by atoms with van der Waals surface area (Å²) in [5.41, 5.74) is 1.72. The largest absolute Gasteiger partial charge is 0.312 e. The van der Waals surface area contributed by atoms with E-state index in [0.717, 1.165) is 18.4 Å². The first-order chi connectivity index (χ1) is 10.0. The fraction of sp³-hybridized carbons (Fsp3) is 0.700. The Hall–Kier alpha value is -0.820. The molecule has 0 saturated heterocycles. The molecule has 1 aromatic carbocycles. The summed E-state index contributed by atoms with van der Waals surface area (Å²) in [6.45, 7) is 7.99. The van der Waals surface area contributed by atoms with Gasteiger partial charge in [-0.05, 0) is 51.1 Å². The Kier molecular flexibility index (Phi) is 6.29. The third kappa shape index (κ3) is 6.22. The summed E-state index contributed by atoms with van der Waals surface area (Å²) in [6, 6.07) is 11.1. The molecule has 1 aliphatic rings. The van der Waals surface area contributed by atoms with E-state index in [0.29, 0.717) is 0 Å². The number of nitrogens with one attached hydrogen (secondary N) is 1.